The standard InChI is InChI=1S/C22H24BrNO4/c1-2-27-22(26)17-10-12-24(13-11-17)21(25)15-28-20-9-8-18(14-19(20)23)16-6-4-3-5-7-16/h3-9,14,17H,2,10-13,15H2,1H3. The van der Waals surface area contributed by atoms with Crippen LogP contribution >= 0.6 is 15.9 Å². The Kier molecular flexibility index (Phi) is 7.09. The van der Waals surface area contributed by atoms with Crippen LogP contribution in [0.3, 0.4) is 0 Å². The monoisotopic (exact) mass is 445 g/mol. The molecule has 28 heavy (non-hydrogen) atoms. The summed E-state index contributed by atoms with van der Waals surface area (Å²) in [7, 11) is 0. The molecule has 0 aromatic heterocycles. The van der Waals surface area contributed by atoms with Crippen LogP contribution in [0.2, 0.25) is 0 Å². The Labute approximate surface area is 173 Å². The summed E-state index contributed by atoms with van der Waals surface area (Å²) in [4.78, 5) is 26.0. The number of likely N-dealkylation sites (tertiary alicyclic amines) is 1. The lowest BCUT2D eigenvalue weighted by molar-refractivity contribution is -0.151. The molecule has 2 aromatic rings. The van der Waals surface area contributed by atoms with E-state index in [0.29, 0.717) is 38.3 Å². The molecular formula is C22H24BrNO4. The zero-order valence-electron chi connectivity index (χ0n) is 15.9. The molecule has 0 radical (unpaired) electrons. The number of carbonyl (C=O) groups excluding carboxylic acids is 2. The van der Waals surface area contributed by atoms with Crippen molar-refractivity contribution in [2.24, 2.45) is 5.92 Å². The van der Waals surface area contributed by atoms with Crippen molar-refractivity contribution >= 4 is 27.8 Å². The van der Waals surface area contributed by atoms with E-state index < -0.39 is 0 Å². The molecule has 0 aliphatic carbocycles. The highest BCUT2D eigenvalue weighted by Gasteiger charge is 2.28. The lowest BCUT2D eigenvalue weighted by atomic mass is 9.97. The number of hydrogen-bond donors (Lipinski definition) is 0. The quantitative estimate of drug-likeness (QED) is 0.622. The Morgan fingerprint density at radius 3 is 2.43 bits per heavy atom. The molecule has 1 amide bonds. The minimum atomic E-state index is -0.159. The largest absolute Gasteiger partial charge is 0.483 e. The summed E-state index contributed by atoms with van der Waals surface area (Å²) in [6, 6.07) is 15.9. The van der Waals surface area contributed by atoms with Crippen LogP contribution in [0, 0.1) is 5.92 Å². The molecule has 1 fully saturated rings. The summed E-state index contributed by atoms with van der Waals surface area (Å²) in [5.74, 6) is 0.300. The average Bonchev–Trinajstić information content (AvgIpc) is 2.73. The SMILES string of the molecule is CCOC(=O)C1CCN(C(=O)COc2ccc(-c3ccccc3)cc2Br)CC1. The van der Waals surface area contributed by atoms with Crippen LogP contribution in [-0.2, 0) is 14.3 Å². The third-order valence-corrected chi connectivity index (χ3v) is 5.48. The summed E-state index contributed by atoms with van der Waals surface area (Å²) in [6.45, 7) is 3.29. The molecule has 0 unspecified atom stereocenters. The molecule has 1 aliphatic heterocycles. The minimum Gasteiger partial charge on any atom is -0.483 e. The predicted octanol–water partition coefficient (Wildman–Crippen LogP) is 4.30. The first-order valence-corrected chi connectivity index (χ1v) is 10.3. The molecule has 0 bridgehead atoms. The van der Waals surface area contributed by atoms with Crippen molar-refractivity contribution in [1.82, 2.24) is 4.90 Å². The van der Waals surface area contributed by atoms with Gasteiger partial charge in [0, 0.05) is 13.1 Å². The van der Waals surface area contributed by atoms with Gasteiger partial charge in [-0.05, 0) is 59.0 Å². The van der Waals surface area contributed by atoms with Crippen LogP contribution in [0.1, 0.15) is 19.8 Å². The molecule has 6 heteroatoms. The number of hydrogen-bond acceptors (Lipinski definition) is 4. The molecule has 3 rings (SSSR count). The number of piperidine rings is 1. The van der Waals surface area contributed by atoms with Crippen LogP contribution in [0.15, 0.2) is 53.0 Å². The Hall–Kier alpha value is -2.34. The molecular weight excluding hydrogens is 422 g/mol. The maximum Gasteiger partial charge on any atom is 0.309 e. The van der Waals surface area contributed by atoms with Gasteiger partial charge in [0.15, 0.2) is 6.61 Å². The summed E-state index contributed by atoms with van der Waals surface area (Å²) in [6.07, 6.45) is 1.28. The smallest absolute Gasteiger partial charge is 0.309 e. The molecule has 2 aromatic carbocycles. The summed E-state index contributed by atoms with van der Waals surface area (Å²) >= 11 is 3.53. The van der Waals surface area contributed by atoms with Crippen molar-refractivity contribution in [3.05, 3.63) is 53.0 Å². The van der Waals surface area contributed by atoms with Crippen LogP contribution in [-0.4, -0.2) is 43.1 Å². The topological polar surface area (TPSA) is 55.8 Å². The van der Waals surface area contributed by atoms with Gasteiger partial charge >= 0.3 is 5.97 Å². The Morgan fingerprint density at radius 1 is 1.07 bits per heavy atom. The summed E-state index contributed by atoms with van der Waals surface area (Å²) < 4.78 is 11.6. The van der Waals surface area contributed by atoms with Gasteiger partial charge in [-0.1, -0.05) is 36.4 Å². The van der Waals surface area contributed by atoms with Crippen molar-refractivity contribution in [2.45, 2.75) is 19.8 Å². The van der Waals surface area contributed by atoms with E-state index in [1.54, 1.807) is 11.8 Å². The van der Waals surface area contributed by atoms with E-state index in [4.69, 9.17) is 9.47 Å². The number of nitrogens with zero attached hydrogens (tertiary/aromatic N) is 1. The van der Waals surface area contributed by atoms with E-state index in [2.05, 4.69) is 15.9 Å². The zero-order valence-corrected chi connectivity index (χ0v) is 17.5. The molecule has 1 heterocycles. The number of halogens is 1. The molecule has 1 saturated heterocycles. The number of rotatable bonds is 6. The van der Waals surface area contributed by atoms with Crippen molar-refractivity contribution < 1.29 is 19.1 Å². The second-order valence-electron chi connectivity index (χ2n) is 6.71. The average molecular weight is 446 g/mol. The first kappa shape index (κ1) is 20.4. The third kappa shape index (κ3) is 5.13. The van der Waals surface area contributed by atoms with Gasteiger partial charge in [0.2, 0.25) is 0 Å². The number of benzene rings is 2. The summed E-state index contributed by atoms with van der Waals surface area (Å²) in [5.41, 5.74) is 2.20. The second kappa shape index (κ2) is 9.73. The van der Waals surface area contributed by atoms with Gasteiger partial charge < -0.3 is 14.4 Å². The fourth-order valence-electron chi connectivity index (χ4n) is 3.28. The molecule has 1 aliphatic rings. The molecule has 0 saturated carbocycles. The van der Waals surface area contributed by atoms with Crippen molar-refractivity contribution in [1.29, 1.82) is 0 Å². The predicted molar refractivity (Wildman–Crippen MR) is 111 cm³/mol. The van der Waals surface area contributed by atoms with Gasteiger partial charge in [-0.3, -0.25) is 9.59 Å². The fraction of sp³-hybridized carbons (Fsp3) is 0.364. The molecule has 0 N–H and O–H groups in total. The number of esters is 1. The fourth-order valence-corrected chi connectivity index (χ4v) is 3.78. The molecule has 0 atom stereocenters. The first-order valence-electron chi connectivity index (χ1n) is 9.50. The van der Waals surface area contributed by atoms with Gasteiger partial charge in [-0.2, -0.15) is 0 Å². The van der Waals surface area contributed by atoms with Gasteiger partial charge in [-0.25, -0.2) is 0 Å². The summed E-state index contributed by atoms with van der Waals surface area (Å²) in [5, 5.41) is 0. The Morgan fingerprint density at radius 2 is 1.79 bits per heavy atom. The maximum absolute atomic E-state index is 12.4. The van der Waals surface area contributed by atoms with E-state index in [-0.39, 0.29) is 24.4 Å². The van der Waals surface area contributed by atoms with E-state index in [0.717, 1.165) is 15.6 Å². The lowest BCUT2D eigenvalue weighted by Crippen LogP contribution is -2.42. The number of amides is 1. The zero-order chi connectivity index (χ0) is 19.9. The van der Waals surface area contributed by atoms with Crippen LogP contribution in [0.5, 0.6) is 5.75 Å². The van der Waals surface area contributed by atoms with Crippen molar-refractivity contribution in [2.75, 3.05) is 26.3 Å². The second-order valence-corrected chi connectivity index (χ2v) is 7.56. The molecule has 148 valence electrons. The third-order valence-electron chi connectivity index (χ3n) is 4.86. The highest BCUT2D eigenvalue weighted by atomic mass is 79.9. The molecule has 5 nitrogen and oxygen atoms in total. The Bertz CT molecular complexity index is 817. The first-order chi connectivity index (χ1) is 13.6. The Balaban J connectivity index is 1.52. The van der Waals surface area contributed by atoms with Crippen LogP contribution in [0.4, 0.5) is 0 Å². The van der Waals surface area contributed by atoms with Crippen molar-refractivity contribution in [3.63, 3.8) is 0 Å². The number of ether oxygens (including phenoxy) is 2. The van der Waals surface area contributed by atoms with Gasteiger partial charge in [0.1, 0.15) is 5.75 Å². The highest BCUT2D eigenvalue weighted by molar-refractivity contribution is 9.10. The molecule has 0 spiro atoms. The van der Waals surface area contributed by atoms with E-state index in [9.17, 15) is 9.59 Å². The van der Waals surface area contributed by atoms with Gasteiger partial charge in [0.05, 0.1) is 17.0 Å². The highest BCUT2D eigenvalue weighted by Crippen LogP contribution is 2.30. The van der Waals surface area contributed by atoms with E-state index in [1.165, 1.54) is 0 Å². The van der Waals surface area contributed by atoms with Gasteiger partial charge in [0.25, 0.3) is 5.91 Å². The van der Waals surface area contributed by atoms with Crippen LogP contribution < -0.4 is 4.74 Å². The van der Waals surface area contributed by atoms with Crippen LogP contribution in [0.25, 0.3) is 11.1 Å². The minimum absolute atomic E-state index is 0.0205. The van der Waals surface area contributed by atoms with Crippen molar-refractivity contribution in [3.8, 4) is 16.9 Å². The maximum atomic E-state index is 12.4. The lowest BCUT2D eigenvalue weighted by Gasteiger charge is -2.30. The van der Waals surface area contributed by atoms with E-state index >= 15 is 0 Å². The normalized spacial score (nSPS) is 14.6. The van der Waals surface area contributed by atoms with E-state index in [1.807, 2.05) is 48.5 Å². The van der Waals surface area contributed by atoms with Gasteiger partial charge in [-0.15, -0.1) is 0 Å². The number of carbonyl (C=O) groups is 2.